The van der Waals surface area contributed by atoms with Crippen LogP contribution in [0.2, 0.25) is 0 Å². The van der Waals surface area contributed by atoms with Crippen molar-refractivity contribution in [3.05, 3.63) is 28.2 Å². The van der Waals surface area contributed by atoms with Gasteiger partial charge in [0.05, 0.1) is 12.2 Å². The van der Waals surface area contributed by atoms with Gasteiger partial charge in [0.15, 0.2) is 0 Å². The lowest BCUT2D eigenvalue weighted by atomic mass is 10.1. The first-order valence-electron chi connectivity index (χ1n) is 6.83. The molecule has 0 aliphatic rings. The highest BCUT2D eigenvalue weighted by atomic mass is 79.9. The molecule has 5 heteroatoms. The minimum atomic E-state index is 0.0215. The number of amides is 1. The average Bonchev–Trinajstić information content (AvgIpc) is 2.43. The smallest absolute Gasteiger partial charge is 0.255 e. The van der Waals surface area contributed by atoms with E-state index in [0.29, 0.717) is 23.6 Å². The van der Waals surface area contributed by atoms with Gasteiger partial charge < -0.3 is 9.64 Å². The highest BCUT2D eigenvalue weighted by Gasteiger charge is 2.23. The molecule has 1 amide bonds. The Morgan fingerprint density at radius 2 is 2.05 bits per heavy atom. The zero-order valence-corrected chi connectivity index (χ0v) is 14.7. The fourth-order valence-electron chi connectivity index (χ4n) is 2.21. The van der Waals surface area contributed by atoms with Crippen molar-refractivity contribution < 1.29 is 9.53 Å². The first-order valence-corrected chi connectivity index (χ1v) is 8.07. The Hall–Kier alpha value is -0.520. The Morgan fingerprint density at radius 3 is 2.55 bits per heavy atom. The molecule has 0 N–H and O–H groups in total. The summed E-state index contributed by atoms with van der Waals surface area (Å²) in [7, 11) is 1.65. The molecule has 0 saturated heterocycles. The first-order chi connectivity index (χ1) is 9.54. The predicted octanol–water partition coefficient (Wildman–Crippen LogP) is 4.02. The van der Waals surface area contributed by atoms with E-state index in [9.17, 15) is 4.79 Å². The molecule has 0 unspecified atom stereocenters. The minimum absolute atomic E-state index is 0.0215. The van der Waals surface area contributed by atoms with Crippen LogP contribution in [0.15, 0.2) is 27.6 Å². The molecule has 112 valence electrons. The summed E-state index contributed by atoms with van der Waals surface area (Å²) < 4.78 is 6.05. The predicted molar refractivity (Wildman–Crippen MR) is 88.7 cm³/mol. The molecule has 0 aromatic heterocycles. The molecule has 1 rings (SSSR count). The summed E-state index contributed by atoms with van der Waals surface area (Å²) in [5.41, 5.74) is 0.638. The van der Waals surface area contributed by atoms with Crippen LogP contribution in [0.1, 0.15) is 37.0 Å². The van der Waals surface area contributed by atoms with E-state index in [1.54, 1.807) is 7.11 Å². The number of methoxy groups -OCH3 is 1. The number of ether oxygens (including phenoxy) is 1. The number of thiol groups is 1. The van der Waals surface area contributed by atoms with Crippen LogP contribution < -0.4 is 0 Å². The van der Waals surface area contributed by atoms with E-state index in [2.05, 4.69) is 42.4 Å². The summed E-state index contributed by atoms with van der Waals surface area (Å²) in [4.78, 5) is 15.3. The molecule has 0 bridgehead atoms. The normalized spacial score (nSPS) is 10.9. The van der Waals surface area contributed by atoms with Crippen molar-refractivity contribution in [2.75, 3.05) is 20.3 Å². The van der Waals surface area contributed by atoms with E-state index >= 15 is 0 Å². The van der Waals surface area contributed by atoms with Gasteiger partial charge in [-0.2, -0.15) is 0 Å². The molecule has 0 heterocycles. The van der Waals surface area contributed by atoms with Crippen LogP contribution in [0.25, 0.3) is 0 Å². The second-order valence-electron chi connectivity index (χ2n) is 4.62. The monoisotopic (exact) mass is 359 g/mol. The highest BCUT2D eigenvalue weighted by molar-refractivity contribution is 9.10. The summed E-state index contributed by atoms with van der Waals surface area (Å²) in [5, 5.41) is 0. The van der Waals surface area contributed by atoms with E-state index in [4.69, 9.17) is 4.74 Å². The zero-order chi connectivity index (χ0) is 15.1. The lowest BCUT2D eigenvalue weighted by molar-refractivity contribution is 0.0586. The lowest BCUT2D eigenvalue weighted by Gasteiger charge is -2.31. The molecule has 0 saturated carbocycles. The standard InChI is InChI=1S/C15H22BrNO2S/c1-4-12(5-2)17(8-9-19-3)15(18)13-7-6-11(16)10-14(13)20/h6-7,10,12,20H,4-5,8-9H2,1-3H3. The zero-order valence-electron chi connectivity index (χ0n) is 12.2. The van der Waals surface area contributed by atoms with E-state index in [-0.39, 0.29) is 11.9 Å². The number of nitrogens with zero attached hydrogens (tertiary/aromatic N) is 1. The van der Waals surface area contributed by atoms with Crippen molar-refractivity contribution in [2.24, 2.45) is 0 Å². The molecule has 0 fully saturated rings. The molecular formula is C15H22BrNO2S. The average molecular weight is 360 g/mol. The van der Waals surface area contributed by atoms with Crippen LogP contribution in [0.5, 0.6) is 0 Å². The molecule has 3 nitrogen and oxygen atoms in total. The molecule has 0 aliphatic heterocycles. The number of halogens is 1. The second-order valence-corrected chi connectivity index (χ2v) is 6.02. The maximum Gasteiger partial charge on any atom is 0.255 e. The van der Waals surface area contributed by atoms with Gasteiger partial charge in [0.25, 0.3) is 5.91 Å². The maximum atomic E-state index is 12.7. The number of hydrogen-bond acceptors (Lipinski definition) is 3. The highest BCUT2D eigenvalue weighted by Crippen LogP contribution is 2.23. The largest absolute Gasteiger partial charge is 0.383 e. The van der Waals surface area contributed by atoms with E-state index in [1.165, 1.54) is 0 Å². The van der Waals surface area contributed by atoms with Crippen LogP contribution in [-0.4, -0.2) is 37.1 Å². The van der Waals surface area contributed by atoms with Gasteiger partial charge in [0.1, 0.15) is 0 Å². The molecule has 20 heavy (non-hydrogen) atoms. The van der Waals surface area contributed by atoms with Crippen molar-refractivity contribution in [1.82, 2.24) is 4.90 Å². The number of carbonyl (C=O) groups excluding carboxylic acids is 1. The molecule has 1 aromatic carbocycles. The lowest BCUT2D eigenvalue weighted by Crippen LogP contribution is -2.42. The number of rotatable bonds is 7. The summed E-state index contributed by atoms with van der Waals surface area (Å²) in [6.45, 7) is 5.35. The third kappa shape index (κ3) is 4.50. The fraction of sp³-hybridized carbons (Fsp3) is 0.533. The van der Waals surface area contributed by atoms with E-state index in [0.717, 1.165) is 17.3 Å². The maximum absolute atomic E-state index is 12.7. The third-order valence-electron chi connectivity index (χ3n) is 3.37. The van der Waals surface area contributed by atoms with Gasteiger partial charge in [0.2, 0.25) is 0 Å². The van der Waals surface area contributed by atoms with Crippen molar-refractivity contribution in [2.45, 2.75) is 37.6 Å². The topological polar surface area (TPSA) is 29.5 Å². The van der Waals surface area contributed by atoms with Crippen LogP contribution in [0.4, 0.5) is 0 Å². The third-order valence-corrected chi connectivity index (χ3v) is 4.23. The SMILES string of the molecule is CCC(CC)N(CCOC)C(=O)c1ccc(Br)cc1S. The Kier molecular flexibility index (Phi) is 7.62. The Morgan fingerprint density at radius 1 is 1.40 bits per heavy atom. The Balaban J connectivity index is 3.02. The van der Waals surface area contributed by atoms with Crippen molar-refractivity contribution >= 4 is 34.5 Å². The molecule has 1 aromatic rings. The molecule has 0 radical (unpaired) electrons. The van der Waals surface area contributed by atoms with Gasteiger partial charge in [-0.15, -0.1) is 12.6 Å². The summed E-state index contributed by atoms with van der Waals surface area (Å²) in [6, 6.07) is 5.76. The molecule has 0 atom stereocenters. The van der Waals surface area contributed by atoms with Crippen LogP contribution in [0.3, 0.4) is 0 Å². The van der Waals surface area contributed by atoms with Gasteiger partial charge in [-0.25, -0.2) is 0 Å². The Labute approximate surface area is 135 Å². The summed E-state index contributed by atoms with van der Waals surface area (Å²) in [6.07, 6.45) is 1.87. The second kappa shape index (κ2) is 8.70. The van der Waals surface area contributed by atoms with Crippen molar-refractivity contribution in [3.8, 4) is 0 Å². The fourth-order valence-corrected chi connectivity index (χ4v) is 3.06. The van der Waals surface area contributed by atoms with E-state index < -0.39 is 0 Å². The molecule has 0 spiro atoms. The van der Waals surface area contributed by atoms with Crippen molar-refractivity contribution in [3.63, 3.8) is 0 Å². The number of hydrogen-bond donors (Lipinski definition) is 1. The van der Waals surface area contributed by atoms with Crippen LogP contribution in [0, 0.1) is 0 Å². The molecular weight excluding hydrogens is 338 g/mol. The van der Waals surface area contributed by atoms with Gasteiger partial charge in [0, 0.05) is 29.1 Å². The first kappa shape index (κ1) is 17.5. The van der Waals surface area contributed by atoms with Gasteiger partial charge in [-0.1, -0.05) is 29.8 Å². The van der Waals surface area contributed by atoms with E-state index in [1.807, 2.05) is 23.1 Å². The van der Waals surface area contributed by atoms with Crippen LogP contribution in [-0.2, 0) is 4.74 Å². The summed E-state index contributed by atoms with van der Waals surface area (Å²) >= 11 is 7.80. The minimum Gasteiger partial charge on any atom is -0.383 e. The quantitative estimate of drug-likeness (QED) is 0.745. The van der Waals surface area contributed by atoms with Crippen LogP contribution >= 0.6 is 28.6 Å². The van der Waals surface area contributed by atoms with Gasteiger partial charge >= 0.3 is 0 Å². The summed E-state index contributed by atoms with van der Waals surface area (Å²) in [5.74, 6) is 0.0215. The van der Waals surface area contributed by atoms with Crippen molar-refractivity contribution in [1.29, 1.82) is 0 Å². The van der Waals surface area contributed by atoms with Gasteiger partial charge in [-0.3, -0.25) is 4.79 Å². The Bertz CT molecular complexity index is 449. The molecule has 0 aliphatic carbocycles. The number of benzene rings is 1. The van der Waals surface area contributed by atoms with Gasteiger partial charge in [-0.05, 0) is 31.0 Å². The number of carbonyl (C=O) groups is 1.